The number of carboxylic acids is 1. The number of aliphatic carboxylic acids is 1. The van der Waals surface area contributed by atoms with Crippen molar-refractivity contribution in [2.45, 2.75) is 19.4 Å². The van der Waals surface area contributed by atoms with E-state index in [9.17, 15) is 18.0 Å². The van der Waals surface area contributed by atoms with Crippen LogP contribution in [0.5, 0.6) is 0 Å². The lowest BCUT2D eigenvalue weighted by Gasteiger charge is -2.34. The maximum absolute atomic E-state index is 12.0. The van der Waals surface area contributed by atoms with E-state index in [1.807, 2.05) is 0 Å². The SMILES string of the molecule is CCNS(=O)(=O)CCNC(=O)N1CCSCC1CC(=O)O. The Morgan fingerprint density at radius 2 is 2.14 bits per heavy atom. The highest BCUT2D eigenvalue weighted by Gasteiger charge is 2.28. The van der Waals surface area contributed by atoms with Gasteiger partial charge in [-0.15, -0.1) is 0 Å². The lowest BCUT2D eigenvalue weighted by molar-refractivity contribution is -0.138. The second kappa shape index (κ2) is 8.44. The molecular weight excluding hydrogens is 318 g/mol. The summed E-state index contributed by atoms with van der Waals surface area (Å²) in [5.41, 5.74) is 0. The van der Waals surface area contributed by atoms with Crippen LogP contribution >= 0.6 is 11.8 Å². The van der Waals surface area contributed by atoms with Crippen LogP contribution in [-0.2, 0) is 14.8 Å². The first-order chi connectivity index (χ1) is 9.85. The third-order valence-electron chi connectivity index (χ3n) is 2.91. The molecule has 10 heteroatoms. The maximum Gasteiger partial charge on any atom is 0.317 e. The molecule has 122 valence electrons. The molecule has 21 heavy (non-hydrogen) atoms. The van der Waals surface area contributed by atoms with Crippen LogP contribution in [0.4, 0.5) is 4.79 Å². The second-order valence-electron chi connectivity index (χ2n) is 4.57. The van der Waals surface area contributed by atoms with Crippen molar-refractivity contribution in [3.8, 4) is 0 Å². The molecule has 1 saturated heterocycles. The Kier molecular flexibility index (Phi) is 7.26. The molecule has 0 aromatic rings. The highest BCUT2D eigenvalue weighted by molar-refractivity contribution is 7.99. The first-order valence-corrected chi connectivity index (χ1v) is 9.47. The fourth-order valence-corrected chi connectivity index (χ4v) is 4.00. The van der Waals surface area contributed by atoms with Gasteiger partial charge in [0.1, 0.15) is 0 Å². The van der Waals surface area contributed by atoms with E-state index in [0.29, 0.717) is 18.8 Å². The summed E-state index contributed by atoms with van der Waals surface area (Å²) in [5.74, 6) is 0.183. The van der Waals surface area contributed by atoms with Crippen molar-refractivity contribution in [1.29, 1.82) is 0 Å². The number of carbonyl (C=O) groups excluding carboxylic acids is 1. The number of hydrogen-bond donors (Lipinski definition) is 3. The highest BCUT2D eigenvalue weighted by atomic mass is 32.2. The summed E-state index contributed by atoms with van der Waals surface area (Å²) in [6, 6.07) is -0.764. The van der Waals surface area contributed by atoms with Crippen molar-refractivity contribution in [2.24, 2.45) is 0 Å². The average Bonchev–Trinajstić information content (AvgIpc) is 2.38. The standard InChI is InChI=1S/C11H21N3O5S2/c1-2-13-21(18,19)6-3-12-11(17)14-4-5-20-8-9(14)7-10(15)16/h9,13H,2-8H2,1H3,(H,12,17)(H,15,16). The lowest BCUT2D eigenvalue weighted by atomic mass is 10.2. The van der Waals surface area contributed by atoms with Gasteiger partial charge in [0.2, 0.25) is 10.0 Å². The molecule has 0 saturated carbocycles. The van der Waals surface area contributed by atoms with Crippen LogP contribution in [0.2, 0.25) is 0 Å². The van der Waals surface area contributed by atoms with Gasteiger partial charge in [-0.25, -0.2) is 17.9 Å². The van der Waals surface area contributed by atoms with E-state index in [4.69, 9.17) is 5.11 Å². The molecule has 1 fully saturated rings. The lowest BCUT2D eigenvalue weighted by Crippen LogP contribution is -2.52. The van der Waals surface area contributed by atoms with E-state index in [1.54, 1.807) is 18.7 Å². The van der Waals surface area contributed by atoms with Crippen LogP contribution in [0, 0.1) is 0 Å². The van der Waals surface area contributed by atoms with E-state index in [1.165, 1.54) is 4.90 Å². The zero-order valence-electron chi connectivity index (χ0n) is 11.9. The third-order valence-corrected chi connectivity index (χ3v) is 5.47. The van der Waals surface area contributed by atoms with Crippen molar-refractivity contribution in [1.82, 2.24) is 14.9 Å². The molecule has 1 heterocycles. The van der Waals surface area contributed by atoms with Gasteiger partial charge in [-0.2, -0.15) is 11.8 Å². The van der Waals surface area contributed by atoms with Crippen LogP contribution in [0.25, 0.3) is 0 Å². The maximum atomic E-state index is 12.0. The van der Waals surface area contributed by atoms with Crippen LogP contribution in [0.1, 0.15) is 13.3 Å². The molecular formula is C11H21N3O5S2. The van der Waals surface area contributed by atoms with E-state index < -0.39 is 22.0 Å². The Hall–Kier alpha value is -1.00. The summed E-state index contributed by atoms with van der Waals surface area (Å²) in [4.78, 5) is 24.3. The number of nitrogens with one attached hydrogen (secondary N) is 2. The van der Waals surface area contributed by atoms with Crippen LogP contribution in [0.3, 0.4) is 0 Å². The highest BCUT2D eigenvalue weighted by Crippen LogP contribution is 2.18. The number of urea groups is 1. The molecule has 1 atom stereocenters. The van der Waals surface area contributed by atoms with Crippen LogP contribution in [-0.4, -0.2) is 73.4 Å². The molecule has 0 spiro atoms. The van der Waals surface area contributed by atoms with Gasteiger partial charge in [0, 0.05) is 31.1 Å². The van der Waals surface area contributed by atoms with Gasteiger partial charge in [0.05, 0.1) is 18.2 Å². The summed E-state index contributed by atoms with van der Waals surface area (Å²) in [6.45, 7) is 2.45. The van der Waals surface area contributed by atoms with Crippen LogP contribution in [0.15, 0.2) is 0 Å². The minimum absolute atomic E-state index is 0.00238. The summed E-state index contributed by atoms with van der Waals surface area (Å²) in [6.07, 6.45) is -0.101. The van der Waals surface area contributed by atoms with E-state index in [2.05, 4.69) is 10.0 Å². The molecule has 1 aliphatic heterocycles. The van der Waals surface area contributed by atoms with E-state index in [-0.39, 0.29) is 24.8 Å². The third kappa shape index (κ3) is 6.53. The van der Waals surface area contributed by atoms with Crippen molar-refractivity contribution in [2.75, 3.05) is 36.9 Å². The van der Waals surface area contributed by atoms with E-state index in [0.717, 1.165) is 5.75 Å². The number of carboxylic acid groups (broad SMARTS) is 1. The quantitative estimate of drug-likeness (QED) is 0.577. The summed E-state index contributed by atoms with van der Waals surface area (Å²) >= 11 is 1.61. The fourth-order valence-electron chi connectivity index (χ4n) is 1.98. The Morgan fingerprint density at radius 1 is 1.43 bits per heavy atom. The molecule has 0 aliphatic carbocycles. The largest absolute Gasteiger partial charge is 0.481 e. The van der Waals surface area contributed by atoms with Gasteiger partial charge < -0.3 is 15.3 Å². The fraction of sp³-hybridized carbons (Fsp3) is 0.818. The molecule has 0 radical (unpaired) electrons. The van der Waals surface area contributed by atoms with Crippen molar-refractivity contribution in [3.05, 3.63) is 0 Å². The smallest absolute Gasteiger partial charge is 0.317 e. The summed E-state index contributed by atoms with van der Waals surface area (Å²) < 4.78 is 25.2. The topological polar surface area (TPSA) is 116 Å². The molecule has 2 amide bonds. The summed E-state index contributed by atoms with van der Waals surface area (Å²) in [7, 11) is -3.37. The zero-order valence-corrected chi connectivity index (χ0v) is 13.5. The van der Waals surface area contributed by atoms with Gasteiger partial charge in [-0.1, -0.05) is 6.92 Å². The molecule has 8 nitrogen and oxygen atoms in total. The van der Waals surface area contributed by atoms with Crippen molar-refractivity contribution >= 4 is 33.8 Å². The Morgan fingerprint density at radius 3 is 2.76 bits per heavy atom. The first-order valence-electron chi connectivity index (χ1n) is 6.67. The summed E-state index contributed by atoms with van der Waals surface area (Å²) in [5, 5.41) is 11.4. The number of thioether (sulfide) groups is 1. The molecule has 0 aromatic carbocycles. The Bertz CT molecular complexity index is 468. The van der Waals surface area contributed by atoms with Crippen molar-refractivity contribution < 1.29 is 23.1 Å². The number of rotatable bonds is 7. The molecule has 1 unspecified atom stereocenters. The molecule has 3 N–H and O–H groups in total. The number of carbonyl (C=O) groups is 2. The number of hydrogen-bond acceptors (Lipinski definition) is 5. The molecule has 1 aliphatic rings. The van der Waals surface area contributed by atoms with Gasteiger partial charge in [0.15, 0.2) is 0 Å². The Labute approximate surface area is 128 Å². The normalized spacial score (nSPS) is 19.3. The van der Waals surface area contributed by atoms with Crippen LogP contribution < -0.4 is 10.0 Å². The molecule has 0 bridgehead atoms. The average molecular weight is 339 g/mol. The van der Waals surface area contributed by atoms with Gasteiger partial charge in [0.25, 0.3) is 0 Å². The molecule has 1 rings (SSSR count). The van der Waals surface area contributed by atoms with Gasteiger partial charge in [-0.3, -0.25) is 4.79 Å². The first kappa shape index (κ1) is 18.1. The predicted molar refractivity (Wildman–Crippen MR) is 80.9 cm³/mol. The molecule has 0 aromatic heterocycles. The van der Waals surface area contributed by atoms with Gasteiger partial charge in [-0.05, 0) is 0 Å². The number of sulfonamides is 1. The van der Waals surface area contributed by atoms with E-state index >= 15 is 0 Å². The number of amides is 2. The van der Waals surface area contributed by atoms with Crippen molar-refractivity contribution in [3.63, 3.8) is 0 Å². The second-order valence-corrected chi connectivity index (χ2v) is 7.64. The van der Waals surface area contributed by atoms with Gasteiger partial charge >= 0.3 is 12.0 Å². The Balaban J connectivity index is 2.47. The minimum Gasteiger partial charge on any atom is -0.481 e. The minimum atomic E-state index is -3.37. The number of nitrogens with zero attached hydrogens (tertiary/aromatic N) is 1. The monoisotopic (exact) mass is 339 g/mol. The predicted octanol–water partition coefficient (Wildman–Crippen LogP) is -0.473. The zero-order chi connectivity index (χ0) is 15.9.